The van der Waals surface area contributed by atoms with Crippen LogP contribution in [0.15, 0.2) is 71.8 Å². The number of hydrogen-bond acceptors (Lipinski definition) is 5. The van der Waals surface area contributed by atoms with Crippen molar-refractivity contribution in [3.63, 3.8) is 0 Å². The number of fused-ring (bicyclic) bond motifs is 1. The molecule has 0 fully saturated rings. The Balaban J connectivity index is 1.50. The fraction of sp³-hybridized carbons (Fsp3) is 0.174. The highest BCUT2D eigenvalue weighted by Crippen LogP contribution is 2.25. The minimum Gasteiger partial charge on any atom is -0.268 e. The number of nitrogens with zero attached hydrogens (tertiary/aromatic N) is 2. The zero-order chi connectivity index (χ0) is 22.7. The van der Waals surface area contributed by atoms with Gasteiger partial charge in [-0.1, -0.05) is 36.4 Å². The first-order chi connectivity index (χ1) is 15.4. The van der Waals surface area contributed by atoms with Crippen molar-refractivity contribution in [3.05, 3.63) is 95.1 Å². The number of nitrogens with one attached hydrogen (secondary N) is 1. The van der Waals surface area contributed by atoms with Crippen molar-refractivity contribution in [1.82, 2.24) is 14.6 Å². The Morgan fingerprint density at radius 3 is 2.50 bits per heavy atom. The largest absolute Gasteiger partial charge is 0.280 e. The highest BCUT2D eigenvalue weighted by molar-refractivity contribution is 7.89. The zero-order valence-corrected chi connectivity index (χ0v) is 17.8. The maximum atomic E-state index is 13.9. The first-order valence-electron chi connectivity index (χ1n) is 10.00. The summed E-state index contributed by atoms with van der Waals surface area (Å²) in [5, 5.41) is 0. The number of rotatable bonds is 8. The van der Waals surface area contributed by atoms with E-state index in [1.165, 1.54) is 18.3 Å². The van der Waals surface area contributed by atoms with E-state index < -0.39 is 27.7 Å². The molecule has 1 aromatic heterocycles. The Morgan fingerprint density at radius 2 is 1.75 bits per heavy atom. The summed E-state index contributed by atoms with van der Waals surface area (Å²) >= 11 is 0. The zero-order valence-electron chi connectivity index (χ0n) is 17.0. The minimum atomic E-state index is -4.07. The van der Waals surface area contributed by atoms with Crippen molar-refractivity contribution in [3.8, 4) is 0 Å². The van der Waals surface area contributed by atoms with Crippen LogP contribution < -0.4 is 4.72 Å². The second-order valence-corrected chi connectivity index (χ2v) is 9.07. The molecule has 1 aliphatic rings. The number of benzene rings is 2. The molecule has 0 radical (unpaired) electrons. The lowest BCUT2D eigenvalue weighted by Gasteiger charge is -2.17. The van der Waals surface area contributed by atoms with Crippen LogP contribution in [-0.2, 0) is 23.0 Å². The van der Waals surface area contributed by atoms with Crippen molar-refractivity contribution < 1.29 is 22.4 Å². The van der Waals surface area contributed by atoms with E-state index in [1.807, 2.05) is 30.3 Å². The Kier molecular flexibility index (Phi) is 6.11. The summed E-state index contributed by atoms with van der Waals surface area (Å²) in [5.74, 6) is -1.92. The lowest BCUT2D eigenvalue weighted by molar-refractivity contribution is 0.0639. The molecule has 0 atom stereocenters. The summed E-state index contributed by atoms with van der Waals surface area (Å²) in [4.78, 5) is 29.8. The topological polar surface area (TPSA) is 96.4 Å². The fourth-order valence-electron chi connectivity index (χ4n) is 3.56. The summed E-state index contributed by atoms with van der Waals surface area (Å²) in [6, 6.07) is 15.9. The van der Waals surface area contributed by atoms with Crippen LogP contribution in [0, 0.1) is 5.82 Å². The summed E-state index contributed by atoms with van der Waals surface area (Å²) < 4.78 is 42.2. The molecule has 0 aliphatic carbocycles. The van der Waals surface area contributed by atoms with E-state index in [2.05, 4.69) is 9.71 Å². The van der Waals surface area contributed by atoms with Gasteiger partial charge in [-0.15, -0.1) is 0 Å². The van der Waals surface area contributed by atoms with E-state index in [4.69, 9.17) is 0 Å². The van der Waals surface area contributed by atoms with Gasteiger partial charge in [0.05, 0.1) is 17.0 Å². The van der Waals surface area contributed by atoms with Crippen molar-refractivity contribution in [1.29, 1.82) is 0 Å². The number of imide groups is 1. The van der Waals surface area contributed by atoms with Gasteiger partial charge in [0.15, 0.2) is 0 Å². The molecule has 0 spiro atoms. The van der Waals surface area contributed by atoms with Crippen molar-refractivity contribution in [2.45, 2.75) is 24.3 Å². The minimum absolute atomic E-state index is 0.0167. The highest BCUT2D eigenvalue weighted by Gasteiger charge is 2.37. The van der Waals surface area contributed by atoms with Crippen molar-refractivity contribution >= 4 is 21.8 Å². The Morgan fingerprint density at radius 1 is 0.969 bits per heavy atom. The van der Waals surface area contributed by atoms with Crippen LogP contribution in [0.5, 0.6) is 0 Å². The Bertz CT molecular complexity index is 1240. The molecular formula is C23H20FN3O4S. The smallest absolute Gasteiger partial charge is 0.268 e. The molecule has 9 heteroatoms. The molecule has 0 saturated carbocycles. The molecule has 3 aromatic rings. The molecule has 4 rings (SSSR count). The summed E-state index contributed by atoms with van der Waals surface area (Å²) in [6.07, 6.45) is 2.64. The van der Waals surface area contributed by atoms with E-state index in [0.29, 0.717) is 12.8 Å². The van der Waals surface area contributed by atoms with Crippen LogP contribution >= 0.6 is 0 Å². The molecule has 2 heterocycles. The van der Waals surface area contributed by atoms with Crippen molar-refractivity contribution in [2.24, 2.45) is 0 Å². The summed E-state index contributed by atoms with van der Waals surface area (Å²) in [7, 11) is -4.07. The number of aromatic nitrogens is 1. The summed E-state index contributed by atoms with van der Waals surface area (Å²) in [5.41, 5.74) is 1.39. The molecule has 2 aromatic carbocycles. The third-order valence-corrected chi connectivity index (χ3v) is 6.70. The second kappa shape index (κ2) is 8.97. The fourth-order valence-corrected chi connectivity index (χ4v) is 4.87. The Hall–Kier alpha value is -3.43. The third-order valence-electron chi connectivity index (χ3n) is 5.16. The molecule has 32 heavy (non-hydrogen) atoms. The SMILES string of the molecule is O=C1c2cccnc2C(=O)N1Cc1ccc(F)cc1S(=O)(=O)NCCCc1ccccc1. The number of hydrogen-bond donors (Lipinski definition) is 1. The average molecular weight is 453 g/mol. The van der Waals surface area contributed by atoms with Gasteiger partial charge in [-0.3, -0.25) is 19.5 Å². The Labute approximate surface area is 185 Å². The second-order valence-electron chi connectivity index (χ2n) is 7.33. The number of amides is 2. The standard InChI is InChI=1S/C23H20FN3O4S/c24-18-11-10-17(15-27-22(28)19-9-5-12-25-21(19)23(27)29)20(14-18)32(30,31)26-13-4-8-16-6-2-1-3-7-16/h1-3,5-7,9-12,14,26H,4,8,13,15H2. The predicted molar refractivity (Wildman–Crippen MR) is 115 cm³/mol. The van der Waals surface area contributed by atoms with E-state index >= 15 is 0 Å². The number of carbonyl (C=O) groups excluding carboxylic acids is 2. The van der Waals surface area contributed by atoms with E-state index in [-0.39, 0.29) is 34.8 Å². The maximum Gasteiger partial charge on any atom is 0.280 e. The average Bonchev–Trinajstić information content (AvgIpc) is 3.03. The number of pyridine rings is 1. The molecule has 7 nitrogen and oxygen atoms in total. The van der Waals surface area contributed by atoms with Crippen LogP contribution in [0.25, 0.3) is 0 Å². The predicted octanol–water partition coefficient (Wildman–Crippen LogP) is 2.93. The van der Waals surface area contributed by atoms with Gasteiger partial charge in [-0.05, 0) is 48.2 Å². The monoisotopic (exact) mass is 453 g/mol. The van der Waals surface area contributed by atoms with E-state index in [0.717, 1.165) is 22.6 Å². The van der Waals surface area contributed by atoms with Gasteiger partial charge in [0.2, 0.25) is 10.0 Å². The van der Waals surface area contributed by atoms with Crippen LogP contribution in [0.3, 0.4) is 0 Å². The molecular weight excluding hydrogens is 433 g/mol. The highest BCUT2D eigenvalue weighted by atomic mass is 32.2. The van der Waals surface area contributed by atoms with Gasteiger partial charge in [0.1, 0.15) is 11.5 Å². The van der Waals surface area contributed by atoms with Gasteiger partial charge in [-0.2, -0.15) is 0 Å². The quantitative estimate of drug-likeness (QED) is 0.418. The normalized spacial score (nSPS) is 13.5. The van der Waals surface area contributed by atoms with Crippen LogP contribution in [0.4, 0.5) is 4.39 Å². The number of halogens is 1. The third kappa shape index (κ3) is 4.44. The van der Waals surface area contributed by atoms with Gasteiger partial charge in [-0.25, -0.2) is 17.5 Å². The van der Waals surface area contributed by atoms with Crippen LogP contribution in [-0.4, -0.2) is 36.7 Å². The molecule has 0 saturated heterocycles. The molecule has 1 aliphatic heterocycles. The molecule has 1 N–H and O–H groups in total. The van der Waals surface area contributed by atoms with Crippen molar-refractivity contribution in [2.75, 3.05) is 6.54 Å². The summed E-state index contributed by atoms with van der Waals surface area (Å²) in [6.45, 7) is -0.154. The van der Waals surface area contributed by atoms with Crippen LogP contribution in [0.2, 0.25) is 0 Å². The van der Waals surface area contributed by atoms with Gasteiger partial charge in [0, 0.05) is 12.7 Å². The van der Waals surface area contributed by atoms with Crippen LogP contribution in [0.1, 0.15) is 38.4 Å². The molecule has 164 valence electrons. The molecule has 2 amide bonds. The maximum absolute atomic E-state index is 13.9. The number of carbonyl (C=O) groups is 2. The number of aryl methyl sites for hydroxylation is 1. The van der Waals surface area contributed by atoms with Gasteiger partial charge < -0.3 is 0 Å². The lowest BCUT2D eigenvalue weighted by Crippen LogP contribution is -2.31. The first-order valence-corrected chi connectivity index (χ1v) is 11.5. The van der Waals surface area contributed by atoms with Gasteiger partial charge in [0.25, 0.3) is 11.8 Å². The number of sulfonamides is 1. The molecule has 0 bridgehead atoms. The molecule has 0 unspecified atom stereocenters. The lowest BCUT2D eigenvalue weighted by atomic mass is 10.1. The van der Waals surface area contributed by atoms with Gasteiger partial charge >= 0.3 is 0 Å². The van der Waals surface area contributed by atoms with E-state index in [1.54, 1.807) is 6.07 Å². The first kappa shape index (κ1) is 21.8. The van der Waals surface area contributed by atoms with E-state index in [9.17, 15) is 22.4 Å².